The van der Waals surface area contributed by atoms with Gasteiger partial charge in [0.2, 0.25) is 0 Å². The number of fused-ring (bicyclic) bond motifs is 1. The Hall–Kier alpha value is -3.08. The largest absolute Gasteiger partial charge is 0.423 e. The first-order valence-electron chi connectivity index (χ1n) is 8.64. The standard InChI is InChI=1S/C21H21NO4/c1-4-22(5-2)15-11-12-17-14(3)19(21(24)26-18(17)13-15)20(23)25-16-9-7-6-8-10-16/h6-13H,4-5H2,1-3H3. The Morgan fingerprint density at radius 1 is 1.08 bits per heavy atom. The highest BCUT2D eigenvalue weighted by atomic mass is 16.5. The predicted octanol–water partition coefficient (Wildman–Crippen LogP) is 4.17. The second-order valence-electron chi connectivity index (χ2n) is 5.94. The van der Waals surface area contributed by atoms with Gasteiger partial charge in [0.05, 0.1) is 0 Å². The van der Waals surface area contributed by atoms with Gasteiger partial charge in [0.25, 0.3) is 0 Å². The minimum absolute atomic E-state index is 0.0723. The SMILES string of the molecule is CCN(CC)c1ccc2c(C)c(C(=O)Oc3ccccc3)c(=O)oc2c1. The summed E-state index contributed by atoms with van der Waals surface area (Å²) in [5, 5.41) is 0.723. The molecule has 0 atom stereocenters. The summed E-state index contributed by atoms with van der Waals surface area (Å²) in [4.78, 5) is 27.1. The lowest BCUT2D eigenvalue weighted by atomic mass is 10.1. The maximum Gasteiger partial charge on any atom is 0.351 e. The van der Waals surface area contributed by atoms with Crippen LogP contribution in [-0.4, -0.2) is 19.1 Å². The summed E-state index contributed by atoms with van der Waals surface area (Å²) in [5.41, 5.74) is 1.24. The average Bonchev–Trinajstić information content (AvgIpc) is 2.63. The molecule has 134 valence electrons. The third-order valence-electron chi connectivity index (χ3n) is 4.44. The summed E-state index contributed by atoms with van der Waals surface area (Å²) in [6.07, 6.45) is 0. The van der Waals surface area contributed by atoms with Crippen LogP contribution >= 0.6 is 0 Å². The molecule has 5 heteroatoms. The molecule has 0 aliphatic rings. The maximum atomic E-state index is 12.5. The Morgan fingerprint density at radius 3 is 2.42 bits per heavy atom. The first-order chi connectivity index (χ1) is 12.5. The average molecular weight is 351 g/mol. The van der Waals surface area contributed by atoms with Crippen LogP contribution < -0.4 is 15.3 Å². The van der Waals surface area contributed by atoms with E-state index < -0.39 is 11.6 Å². The Labute approximate surface area is 151 Å². The molecule has 1 aromatic heterocycles. The van der Waals surface area contributed by atoms with E-state index in [2.05, 4.69) is 18.7 Å². The molecular weight excluding hydrogens is 330 g/mol. The van der Waals surface area contributed by atoms with Crippen molar-refractivity contribution in [2.75, 3.05) is 18.0 Å². The van der Waals surface area contributed by atoms with Gasteiger partial charge in [-0.2, -0.15) is 0 Å². The van der Waals surface area contributed by atoms with Crippen LogP contribution in [-0.2, 0) is 0 Å². The van der Waals surface area contributed by atoms with Crippen molar-refractivity contribution in [3.8, 4) is 5.75 Å². The topological polar surface area (TPSA) is 59.8 Å². The number of para-hydroxylation sites is 1. The van der Waals surface area contributed by atoms with Crippen molar-refractivity contribution in [3.05, 3.63) is 70.1 Å². The summed E-state index contributed by atoms with van der Waals surface area (Å²) in [5.74, 6) is -0.328. The van der Waals surface area contributed by atoms with Gasteiger partial charge in [-0.25, -0.2) is 9.59 Å². The predicted molar refractivity (Wildman–Crippen MR) is 102 cm³/mol. The molecule has 0 saturated carbocycles. The molecule has 0 saturated heterocycles. The van der Waals surface area contributed by atoms with Crippen molar-refractivity contribution >= 4 is 22.6 Å². The molecule has 0 bridgehead atoms. The number of carbonyl (C=O) groups excluding carboxylic acids is 1. The van der Waals surface area contributed by atoms with Crippen molar-refractivity contribution < 1.29 is 13.9 Å². The van der Waals surface area contributed by atoms with Crippen molar-refractivity contribution in [2.45, 2.75) is 20.8 Å². The Bertz CT molecular complexity index is 988. The van der Waals surface area contributed by atoms with E-state index in [1.807, 2.05) is 24.3 Å². The third kappa shape index (κ3) is 3.33. The zero-order valence-electron chi connectivity index (χ0n) is 15.1. The summed E-state index contributed by atoms with van der Waals surface area (Å²) in [7, 11) is 0. The Balaban J connectivity index is 2.04. The van der Waals surface area contributed by atoms with E-state index in [0.717, 1.165) is 24.2 Å². The van der Waals surface area contributed by atoms with Gasteiger partial charge in [-0.05, 0) is 50.6 Å². The van der Waals surface area contributed by atoms with Gasteiger partial charge >= 0.3 is 11.6 Å². The molecule has 3 aromatic rings. The molecule has 0 unspecified atom stereocenters. The fraction of sp³-hybridized carbons (Fsp3) is 0.238. The van der Waals surface area contributed by atoms with E-state index in [1.165, 1.54) is 0 Å². The molecule has 3 rings (SSSR count). The van der Waals surface area contributed by atoms with Crippen LogP contribution in [0.2, 0.25) is 0 Å². The first kappa shape index (κ1) is 17.7. The molecule has 0 radical (unpaired) electrons. The number of nitrogens with zero attached hydrogens (tertiary/aromatic N) is 1. The normalized spacial score (nSPS) is 10.7. The highest BCUT2D eigenvalue weighted by Crippen LogP contribution is 2.25. The van der Waals surface area contributed by atoms with Crippen molar-refractivity contribution in [2.24, 2.45) is 0 Å². The quantitative estimate of drug-likeness (QED) is 0.392. The van der Waals surface area contributed by atoms with Crippen LogP contribution in [0.25, 0.3) is 11.0 Å². The van der Waals surface area contributed by atoms with Crippen LogP contribution in [0.5, 0.6) is 5.75 Å². The van der Waals surface area contributed by atoms with Gasteiger partial charge < -0.3 is 14.1 Å². The molecule has 0 amide bonds. The fourth-order valence-corrected chi connectivity index (χ4v) is 3.01. The first-order valence-corrected chi connectivity index (χ1v) is 8.64. The maximum absolute atomic E-state index is 12.5. The van der Waals surface area contributed by atoms with Crippen LogP contribution in [0.1, 0.15) is 29.8 Å². The number of hydrogen-bond donors (Lipinski definition) is 0. The zero-order chi connectivity index (χ0) is 18.7. The summed E-state index contributed by atoms with van der Waals surface area (Å²) < 4.78 is 10.7. The summed E-state index contributed by atoms with van der Waals surface area (Å²) >= 11 is 0. The number of ether oxygens (including phenoxy) is 1. The third-order valence-corrected chi connectivity index (χ3v) is 4.44. The number of hydrogen-bond acceptors (Lipinski definition) is 5. The van der Waals surface area contributed by atoms with Crippen molar-refractivity contribution in [3.63, 3.8) is 0 Å². The molecule has 1 heterocycles. The van der Waals surface area contributed by atoms with E-state index in [1.54, 1.807) is 31.2 Å². The van der Waals surface area contributed by atoms with Gasteiger partial charge in [0.15, 0.2) is 0 Å². The number of esters is 1. The van der Waals surface area contributed by atoms with Gasteiger partial charge in [-0.1, -0.05) is 18.2 Å². The van der Waals surface area contributed by atoms with Gasteiger partial charge in [-0.15, -0.1) is 0 Å². The molecule has 0 N–H and O–H groups in total. The number of rotatable bonds is 5. The molecule has 2 aromatic carbocycles. The highest BCUT2D eigenvalue weighted by molar-refractivity contribution is 5.97. The highest BCUT2D eigenvalue weighted by Gasteiger charge is 2.21. The molecule has 0 fully saturated rings. The number of carbonyl (C=O) groups is 1. The van der Waals surface area contributed by atoms with E-state index in [-0.39, 0.29) is 5.56 Å². The molecule has 0 aliphatic heterocycles. The number of benzene rings is 2. The van der Waals surface area contributed by atoms with E-state index >= 15 is 0 Å². The minimum atomic E-state index is -0.711. The Morgan fingerprint density at radius 2 is 1.77 bits per heavy atom. The molecular formula is C21H21NO4. The lowest BCUT2D eigenvalue weighted by Gasteiger charge is -2.21. The number of anilines is 1. The van der Waals surface area contributed by atoms with Gasteiger partial charge in [-0.3, -0.25) is 0 Å². The van der Waals surface area contributed by atoms with Crippen LogP contribution in [0, 0.1) is 6.92 Å². The molecule has 5 nitrogen and oxygen atoms in total. The second kappa shape index (κ2) is 7.44. The fourth-order valence-electron chi connectivity index (χ4n) is 3.01. The molecule has 0 spiro atoms. The second-order valence-corrected chi connectivity index (χ2v) is 5.94. The van der Waals surface area contributed by atoms with E-state index in [9.17, 15) is 9.59 Å². The smallest absolute Gasteiger partial charge is 0.351 e. The minimum Gasteiger partial charge on any atom is -0.423 e. The van der Waals surface area contributed by atoms with Gasteiger partial charge in [0, 0.05) is 30.2 Å². The number of aryl methyl sites for hydroxylation is 1. The van der Waals surface area contributed by atoms with Crippen molar-refractivity contribution in [1.82, 2.24) is 0 Å². The summed E-state index contributed by atoms with van der Waals surface area (Å²) in [6, 6.07) is 14.3. The Kier molecular flexibility index (Phi) is 5.07. The molecule has 0 aliphatic carbocycles. The zero-order valence-corrected chi connectivity index (χ0v) is 15.1. The van der Waals surface area contributed by atoms with Crippen molar-refractivity contribution in [1.29, 1.82) is 0 Å². The van der Waals surface area contributed by atoms with Crippen LogP contribution in [0.3, 0.4) is 0 Å². The van der Waals surface area contributed by atoms with Crippen LogP contribution in [0.4, 0.5) is 5.69 Å². The molecule has 26 heavy (non-hydrogen) atoms. The van der Waals surface area contributed by atoms with E-state index in [0.29, 0.717) is 16.9 Å². The van der Waals surface area contributed by atoms with Crippen LogP contribution in [0.15, 0.2) is 57.7 Å². The van der Waals surface area contributed by atoms with Gasteiger partial charge in [0.1, 0.15) is 16.9 Å². The lowest BCUT2D eigenvalue weighted by Crippen LogP contribution is -2.22. The monoisotopic (exact) mass is 351 g/mol. The van der Waals surface area contributed by atoms with E-state index in [4.69, 9.17) is 9.15 Å². The summed E-state index contributed by atoms with van der Waals surface area (Å²) in [6.45, 7) is 7.58. The lowest BCUT2D eigenvalue weighted by molar-refractivity contribution is 0.0730.